The third kappa shape index (κ3) is 4.99. The summed E-state index contributed by atoms with van der Waals surface area (Å²) in [6.45, 7) is 4.71. The molecular weight excluding hydrogens is 324 g/mol. The summed E-state index contributed by atoms with van der Waals surface area (Å²) in [6.07, 6.45) is 19.4. The van der Waals surface area contributed by atoms with Crippen LogP contribution in [0.2, 0.25) is 0 Å². The number of aryl methyl sites for hydroxylation is 1. The first-order valence-corrected chi connectivity index (χ1v) is 12.3. The average molecular weight is 367 g/mol. The standard InChI is InChI=1S/C27H42/c1-3-21-10-13-24(14-11-21)26-17-16-25-18-23(12-15-27(25)19-26)9-8-22-6-4-20(2)5-7-22/h10-11,13-14,20,22-23,25-27H,3-9,12,15-19H2,1-2H3. The van der Waals surface area contributed by atoms with E-state index in [1.165, 1.54) is 63.4 Å². The maximum Gasteiger partial charge on any atom is -0.0159 e. The summed E-state index contributed by atoms with van der Waals surface area (Å²) in [5.74, 6) is 6.07. The van der Waals surface area contributed by atoms with Crippen molar-refractivity contribution >= 4 is 0 Å². The third-order valence-electron chi connectivity index (χ3n) is 8.70. The Bertz CT molecular complexity index is 562. The molecule has 0 aromatic heterocycles. The first-order chi connectivity index (χ1) is 13.2. The van der Waals surface area contributed by atoms with Gasteiger partial charge in [0.1, 0.15) is 0 Å². The van der Waals surface area contributed by atoms with Gasteiger partial charge in [-0.1, -0.05) is 83.1 Å². The lowest BCUT2D eigenvalue weighted by molar-refractivity contribution is 0.109. The minimum absolute atomic E-state index is 0.845. The molecular formula is C27H42. The predicted molar refractivity (Wildman–Crippen MR) is 117 cm³/mol. The van der Waals surface area contributed by atoms with Crippen LogP contribution < -0.4 is 0 Å². The first kappa shape index (κ1) is 19.5. The van der Waals surface area contributed by atoms with Crippen LogP contribution in [0.3, 0.4) is 0 Å². The Balaban J connectivity index is 1.23. The molecule has 27 heavy (non-hydrogen) atoms. The van der Waals surface area contributed by atoms with E-state index in [1.807, 2.05) is 0 Å². The zero-order chi connectivity index (χ0) is 18.6. The Morgan fingerprint density at radius 3 is 2.07 bits per heavy atom. The van der Waals surface area contributed by atoms with Crippen LogP contribution in [0.25, 0.3) is 0 Å². The highest BCUT2D eigenvalue weighted by Gasteiger charge is 2.36. The molecule has 3 aliphatic rings. The fourth-order valence-electron chi connectivity index (χ4n) is 6.67. The van der Waals surface area contributed by atoms with Crippen molar-refractivity contribution < 1.29 is 0 Å². The van der Waals surface area contributed by atoms with Crippen LogP contribution >= 0.6 is 0 Å². The highest BCUT2D eigenvalue weighted by Crippen LogP contribution is 2.48. The molecule has 0 heteroatoms. The van der Waals surface area contributed by atoms with Crippen LogP contribution in [-0.2, 0) is 6.42 Å². The fourth-order valence-corrected chi connectivity index (χ4v) is 6.67. The number of hydrogen-bond acceptors (Lipinski definition) is 0. The summed E-state index contributed by atoms with van der Waals surface area (Å²) < 4.78 is 0. The summed E-state index contributed by atoms with van der Waals surface area (Å²) in [6, 6.07) is 9.59. The Labute approximate surface area is 168 Å². The van der Waals surface area contributed by atoms with Gasteiger partial charge >= 0.3 is 0 Å². The quantitative estimate of drug-likeness (QED) is 0.493. The van der Waals surface area contributed by atoms with E-state index in [0.717, 1.165) is 41.9 Å². The molecule has 0 aliphatic heterocycles. The van der Waals surface area contributed by atoms with Crippen molar-refractivity contribution in [3.8, 4) is 0 Å². The van der Waals surface area contributed by atoms with Gasteiger partial charge < -0.3 is 0 Å². The topological polar surface area (TPSA) is 0 Å². The largest absolute Gasteiger partial charge is 0.0625 e. The van der Waals surface area contributed by atoms with Gasteiger partial charge in [-0.05, 0) is 85.2 Å². The van der Waals surface area contributed by atoms with E-state index in [1.54, 1.807) is 24.8 Å². The molecule has 0 N–H and O–H groups in total. The van der Waals surface area contributed by atoms with E-state index in [0.29, 0.717) is 0 Å². The highest BCUT2D eigenvalue weighted by molar-refractivity contribution is 5.26. The second-order valence-corrected chi connectivity index (χ2v) is 10.5. The maximum absolute atomic E-state index is 2.45. The van der Waals surface area contributed by atoms with Crippen LogP contribution in [0.4, 0.5) is 0 Å². The molecule has 0 heterocycles. The van der Waals surface area contributed by atoms with Gasteiger partial charge in [0.05, 0.1) is 0 Å². The van der Waals surface area contributed by atoms with Crippen LogP contribution in [0.1, 0.15) is 108 Å². The smallest absolute Gasteiger partial charge is 0.0159 e. The molecule has 3 saturated carbocycles. The van der Waals surface area contributed by atoms with Crippen LogP contribution in [0.5, 0.6) is 0 Å². The van der Waals surface area contributed by atoms with Gasteiger partial charge in [0.15, 0.2) is 0 Å². The average Bonchev–Trinajstić information content (AvgIpc) is 2.73. The molecule has 0 radical (unpaired) electrons. The zero-order valence-corrected chi connectivity index (χ0v) is 18.0. The Morgan fingerprint density at radius 1 is 0.704 bits per heavy atom. The molecule has 0 saturated heterocycles. The minimum Gasteiger partial charge on any atom is -0.0625 e. The maximum atomic E-state index is 2.45. The summed E-state index contributed by atoms with van der Waals surface area (Å²) in [4.78, 5) is 0. The first-order valence-electron chi connectivity index (χ1n) is 12.3. The summed E-state index contributed by atoms with van der Waals surface area (Å²) >= 11 is 0. The van der Waals surface area contributed by atoms with E-state index in [2.05, 4.69) is 38.1 Å². The van der Waals surface area contributed by atoms with Gasteiger partial charge in [0, 0.05) is 0 Å². The van der Waals surface area contributed by atoms with Crippen molar-refractivity contribution in [3.05, 3.63) is 35.4 Å². The minimum atomic E-state index is 0.845. The number of hydrogen-bond donors (Lipinski definition) is 0. The van der Waals surface area contributed by atoms with E-state index < -0.39 is 0 Å². The lowest BCUT2D eigenvalue weighted by atomic mass is 9.63. The summed E-state index contributed by atoms with van der Waals surface area (Å²) in [5, 5.41) is 0. The monoisotopic (exact) mass is 366 g/mol. The Morgan fingerprint density at radius 2 is 1.33 bits per heavy atom. The van der Waals surface area contributed by atoms with Gasteiger partial charge in [-0.2, -0.15) is 0 Å². The van der Waals surface area contributed by atoms with E-state index in [9.17, 15) is 0 Å². The summed E-state index contributed by atoms with van der Waals surface area (Å²) in [5.41, 5.74) is 3.11. The van der Waals surface area contributed by atoms with Crippen molar-refractivity contribution in [2.24, 2.45) is 29.6 Å². The number of rotatable bonds is 5. The molecule has 1 aromatic carbocycles. The second-order valence-electron chi connectivity index (χ2n) is 10.5. The van der Waals surface area contributed by atoms with Gasteiger partial charge in [-0.15, -0.1) is 0 Å². The normalized spacial score (nSPS) is 37.0. The SMILES string of the molecule is CCc1ccc(C2CCC3CC(CCC4CCC(C)CC4)CCC3C2)cc1. The predicted octanol–water partition coefficient (Wildman–Crippen LogP) is 8.16. The number of fused-ring (bicyclic) bond motifs is 1. The molecule has 3 aliphatic carbocycles. The van der Waals surface area contributed by atoms with Crippen molar-refractivity contribution in [2.45, 2.75) is 103 Å². The lowest BCUT2D eigenvalue weighted by Gasteiger charge is -2.42. The zero-order valence-electron chi connectivity index (χ0n) is 18.0. The van der Waals surface area contributed by atoms with Crippen molar-refractivity contribution in [3.63, 3.8) is 0 Å². The number of benzene rings is 1. The van der Waals surface area contributed by atoms with Crippen molar-refractivity contribution in [1.29, 1.82) is 0 Å². The van der Waals surface area contributed by atoms with Crippen LogP contribution in [0, 0.1) is 29.6 Å². The van der Waals surface area contributed by atoms with E-state index in [4.69, 9.17) is 0 Å². The lowest BCUT2D eigenvalue weighted by Crippen LogP contribution is -2.30. The van der Waals surface area contributed by atoms with Crippen LogP contribution in [0.15, 0.2) is 24.3 Å². The molecule has 4 rings (SSSR count). The van der Waals surface area contributed by atoms with Crippen LogP contribution in [-0.4, -0.2) is 0 Å². The van der Waals surface area contributed by atoms with Gasteiger partial charge in [-0.25, -0.2) is 0 Å². The molecule has 1 aromatic rings. The Hall–Kier alpha value is -0.780. The molecule has 150 valence electrons. The summed E-state index contributed by atoms with van der Waals surface area (Å²) in [7, 11) is 0. The molecule has 4 atom stereocenters. The third-order valence-corrected chi connectivity index (χ3v) is 8.70. The fraction of sp³-hybridized carbons (Fsp3) is 0.778. The molecule has 3 fully saturated rings. The van der Waals surface area contributed by atoms with E-state index in [-0.39, 0.29) is 0 Å². The van der Waals surface area contributed by atoms with Crippen molar-refractivity contribution in [2.75, 3.05) is 0 Å². The van der Waals surface area contributed by atoms with E-state index >= 15 is 0 Å². The molecule has 4 unspecified atom stereocenters. The molecule has 0 bridgehead atoms. The van der Waals surface area contributed by atoms with Gasteiger partial charge in [0.2, 0.25) is 0 Å². The van der Waals surface area contributed by atoms with Gasteiger partial charge in [0.25, 0.3) is 0 Å². The molecule has 0 spiro atoms. The highest BCUT2D eigenvalue weighted by atomic mass is 14.4. The van der Waals surface area contributed by atoms with Crippen molar-refractivity contribution in [1.82, 2.24) is 0 Å². The molecule has 0 nitrogen and oxygen atoms in total. The molecule has 0 amide bonds. The Kier molecular flexibility index (Phi) is 6.62. The second kappa shape index (κ2) is 9.15. The van der Waals surface area contributed by atoms with Gasteiger partial charge in [-0.3, -0.25) is 0 Å².